The molecule has 0 aliphatic heterocycles. The molecule has 1 saturated carbocycles. The number of aromatic nitrogens is 2. The van der Waals surface area contributed by atoms with E-state index in [0.29, 0.717) is 0 Å². The largest absolute Gasteiger partial charge is 0.360 e. The highest BCUT2D eigenvalue weighted by atomic mass is 15.2. The molecule has 0 saturated heterocycles. The molecular formula is C19H26N4. The summed E-state index contributed by atoms with van der Waals surface area (Å²) in [7, 11) is 2.05. The van der Waals surface area contributed by atoms with E-state index in [-0.39, 0.29) is 5.41 Å². The molecule has 1 N–H and O–H groups in total. The van der Waals surface area contributed by atoms with Crippen molar-refractivity contribution in [3.05, 3.63) is 48.2 Å². The van der Waals surface area contributed by atoms with E-state index in [9.17, 15) is 0 Å². The fraction of sp³-hybridized carbons (Fsp3) is 0.474. The van der Waals surface area contributed by atoms with E-state index in [2.05, 4.69) is 64.5 Å². The van der Waals surface area contributed by atoms with Gasteiger partial charge < -0.3 is 10.2 Å². The average molecular weight is 310 g/mol. The van der Waals surface area contributed by atoms with Crippen LogP contribution in [0.1, 0.15) is 38.2 Å². The van der Waals surface area contributed by atoms with Gasteiger partial charge in [-0.25, -0.2) is 4.98 Å². The Morgan fingerprint density at radius 3 is 2.57 bits per heavy atom. The predicted octanol–water partition coefficient (Wildman–Crippen LogP) is 3.86. The van der Waals surface area contributed by atoms with Crippen LogP contribution in [-0.2, 0) is 5.41 Å². The lowest BCUT2D eigenvalue weighted by Crippen LogP contribution is -2.32. The second kappa shape index (κ2) is 6.99. The minimum absolute atomic E-state index is 0.220. The molecule has 1 aliphatic rings. The number of rotatable bonds is 6. The maximum absolute atomic E-state index is 4.63. The van der Waals surface area contributed by atoms with Crippen molar-refractivity contribution in [2.45, 2.75) is 38.0 Å². The van der Waals surface area contributed by atoms with Gasteiger partial charge in [0, 0.05) is 31.7 Å². The van der Waals surface area contributed by atoms with Crippen LogP contribution in [0.3, 0.4) is 0 Å². The minimum atomic E-state index is 0.220. The van der Waals surface area contributed by atoms with Crippen molar-refractivity contribution >= 4 is 11.8 Å². The summed E-state index contributed by atoms with van der Waals surface area (Å²) in [5, 5.41) is 3.50. The third kappa shape index (κ3) is 3.46. The SMILES string of the molecule is CCN(C)c1ccnc(NCC2(c3ccccc3)CCCC2)n1. The Morgan fingerprint density at radius 2 is 1.87 bits per heavy atom. The van der Waals surface area contributed by atoms with Crippen molar-refractivity contribution in [3.63, 3.8) is 0 Å². The highest BCUT2D eigenvalue weighted by molar-refractivity contribution is 5.42. The average Bonchev–Trinajstić information content (AvgIpc) is 3.10. The van der Waals surface area contributed by atoms with Crippen LogP contribution in [0.15, 0.2) is 42.6 Å². The van der Waals surface area contributed by atoms with Crippen LogP contribution in [0, 0.1) is 0 Å². The monoisotopic (exact) mass is 310 g/mol. The molecule has 1 fully saturated rings. The molecule has 2 aromatic rings. The molecule has 23 heavy (non-hydrogen) atoms. The standard InChI is InChI=1S/C19H26N4/c1-3-23(2)17-11-14-20-18(22-17)21-15-19(12-7-8-13-19)16-9-5-4-6-10-16/h4-6,9-11,14H,3,7-8,12-13,15H2,1-2H3,(H,20,21,22). The summed E-state index contributed by atoms with van der Waals surface area (Å²) >= 11 is 0. The first-order valence-electron chi connectivity index (χ1n) is 8.57. The predicted molar refractivity (Wildman–Crippen MR) is 96.1 cm³/mol. The molecule has 0 atom stereocenters. The van der Waals surface area contributed by atoms with E-state index < -0.39 is 0 Å². The molecular weight excluding hydrogens is 284 g/mol. The van der Waals surface area contributed by atoms with Crippen molar-refractivity contribution < 1.29 is 0 Å². The zero-order valence-corrected chi connectivity index (χ0v) is 14.1. The van der Waals surface area contributed by atoms with Gasteiger partial charge in [0.05, 0.1) is 0 Å². The summed E-state index contributed by atoms with van der Waals surface area (Å²) in [5.41, 5.74) is 1.66. The lowest BCUT2D eigenvalue weighted by Gasteiger charge is -2.30. The van der Waals surface area contributed by atoms with Gasteiger partial charge in [0.2, 0.25) is 5.95 Å². The van der Waals surface area contributed by atoms with Crippen LogP contribution in [0.2, 0.25) is 0 Å². The lowest BCUT2D eigenvalue weighted by atomic mass is 9.79. The van der Waals surface area contributed by atoms with Gasteiger partial charge in [-0.05, 0) is 31.4 Å². The molecule has 0 radical (unpaired) electrons. The van der Waals surface area contributed by atoms with Gasteiger partial charge in [-0.15, -0.1) is 0 Å². The summed E-state index contributed by atoms with van der Waals surface area (Å²) in [6, 6.07) is 12.8. The normalized spacial score (nSPS) is 16.3. The zero-order chi connectivity index (χ0) is 16.1. The molecule has 1 aromatic heterocycles. The highest BCUT2D eigenvalue weighted by Crippen LogP contribution is 2.41. The van der Waals surface area contributed by atoms with E-state index in [0.717, 1.165) is 24.9 Å². The molecule has 0 bridgehead atoms. The van der Waals surface area contributed by atoms with Gasteiger partial charge >= 0.3 is 0 Å². The van der Waals surface area contributed by atoms with Crippen LogP contribution in [0.25, 0.3) is 0 Å². The Morgan fingerprint density at radius 1 is 1.13 bits per heavy atom. The Kier molecular flexibility index (Phi) is 4.79. The van der Waals surface area contributed by atoms with Crippen molar-refractivity contribution in [1.29, 1.82) is 0 Å². The van der Waals surface area contributed by atoms with E-state index >= 15 is 0 Å². The molecule has 1 aromatic carbocycles. The fourth-order valence-electron chi connectivity index (χ4n) is 3.47. The van der Waals surface area contributed by atoms with Gasteiger partial charge in [-0.2, -0.15) is 4.98 Å². The van der Waals surface area contributed by atoms with Gasteiger partial charge in [-0.1, -0.05) is 43.2 Å². The number of hydrogen-bond acceptors (Lipinski definition) is 4. The van der Waals surface area contributed by atoms with E-state index in [1.54, 1.807) is 0 Å². The third-order valence-electron chi connectivity index (χ3n) is 5.04. The van der Waals surface area contributed by atoms with Gasteiger partial charge in [0.25, 0.3) is 0 Å². The van der Waals surface area contributed by atoms with Crippen LogP contribution < -0.4 is 10.2 Å². The third-order valence-corrected chi connectivity index (χ3v) is 5.04. The van der Waals surface area contributed by atoms with Crippen molar-refractivity contribution in [3.8, 4) is 0 Å². The molecule has 4 heteroatoms. The molecule has 0 unspecified atom stereocenters. The summed E-state index contributed by atoms with van der Waals surface area (Å²) in [6.45, 7) is 3.96. The second-order valence-corrected chi connectivity index (χ2v) is 6.46. The molecule has 122 valence electrons. The van der Waals surface area contributed by atoms with Crippen LogP contribution in [-0.4, -0.2) is 30.1 Å². The molecule has 1 aliphatic carbocycles. The van der Waals surface area contributed by atoms with Crippen LogP contribution in [0.5, 0.6) is 0 Å². The smallest absolute Gasteiger partial charge is 0.224 e. The number of hydrogen-bond donors (Lipinski definition) is 1. The molecule has 1 heterocycles. The second-order valence-electron chi connectivity index (χ2n) is 6.46. The Bertz CT molecular complexity index is 620. The van der Waals surface area contributed by atoms with E-state index in [4.69, 9.17) is 0 Å². The Labute approximate surface area is 139 Å². The maximum atomic E-state index is 4.63. The number of benzene rings is 1. The summed E-state index contributed by atoms with van der Waals surface area (Å²) in [6.07, 6.45) is 6.91. The van der Waals surface area contributed by atoms with Crippen molar-refractivity contribution in [1.82, 2.24) is 9.97 Å². The summed E-state index contributed by atoms with van der Waals surface area (Å²) in [4.78, 5) is 11.1. The quantitative estimate of drug-likeness (QED) is 0.879. The number of nitrogens with zero attached hydrogens (tertiary/aromatic N) is 3. The van der Waals surface area contributed by atoms with E-state index in [1.165, 1.54) is 31.2 Å². The van der Waals surface area contributed by atoms with Gasteiger partial charge in [-0.3, -0.25) is 0 Å². The topological polar surface area (TPSA) is 41.1 Å². The number of anilines is 2. The summed E-state index contributed by atoms with van der Waals surface area (Å²) < 4.78 is 0. The van der Waals surface area contributed by atoms with E-state index in [1.807, 2.05) is 12.3 Å². The van der Waals surface area contributed by atoms with Gasteiger partial charge in [0.1, 0.15) is 5.82 Å². The Balaban J connectivity index is 1.75. The zero-order valence-electron chi connectivity index (χ0n) is 14.1. The fourth-order valence-corrected chi connectivity index (χ4v) is 3.47. The van der Waals surface area contributed by atoms with Gasteiger partial charge in [0.15, 0.2) is 0 Å². The van der Waals surface area contributed by atoms with Crippen LogP contribution in [0.4, 0.5) is 11.8 Å². The first-order valence-corrected chi connectivity index (χ1v) is 8.57. The molecule has 3 rings (SSSR count). The summed E-state index contributed by atoms with van der Waals surface area (Å²) in [5.74, 6) is 1.69. The van der Waals surface area contributed by atoms with Crippen molar-refractivity contribution in [2.75, 3.05) is 30.4 Å². The molecule has 4 nitrogen and oxygen atoms in total. The first kappa shape index (κ1) is 15.8. The molecule has 0 amide bonds. The van der Waals surface area contributed by atoms with Crippen LogP contribution >= 0.6 is 0 Å². The van der Waals surface area contributed by atoms with Crippen molar-refractivity contribution in [2.24, 2.45) is 0 Å². The lowest BCUT2D eigenvalue weighted by molar-refractivity contribution is 0.465. The highest BCUT2D eigenvalue weighted by Gasteiger charge is 2.35. The number of nitrogens with one attached hydrogen (secondary N) is 1. The Hall–Kier alpha value is -2.10. The minimum Gasteiger partial charge on any atom is -0.360 e. The maximum Gasteiger partial charge on any atom is 0.224 e. The first-order chi connectivity index (χ1) is 11.2. The molecule has 0 spiro atoms.